The number of aromatic amines is 1. The number of carbonyl (C=O) groups excluding carboxylic acids is 1. The van der Waals surface area contributed by atoms with Crippen molar-refractivity contribution in [3.05, 3.63) is 47.5 Å². The Hall–Kier alpha value is -3.10. The zero-order valence-electron chi connectivity index (χ0n) is 13.8. The highest BCUT2D eigenvalue weighted by atomic mass is 16.2. The molecule has 1 N–H and O–H groups in total. The molecule has 0 unspecified atom stereocenters. The molecular formula is C16H18N8O. The van der Waals surface area contributed by atoms with Crippen LogP contribution in [-0.2, 0) is 0 Å². The maximum atomic E-state index is 12.8. The molecule has 0 saturated carbocycles. The summed E-state index contributed by atoms with van der Waals surface area (Å²) >= 11 is 0. The van der Waals surface area contributed by atoms with Crippen LogP contribution in [0, 0.1) is 6.92 Å². The molecule has 0 radical (unpaired) electrons. The number of nitrogens with one attached hydrogen (secondary N) is 1. The van der Waals surface area contributed by atoms with Crippen LogP contribution in [0.15, 0.2) is 30.5 Å². The van der Waals surface area contributed by atoms with Gasteiger partial charge in [-0.1, -0.05) is 22.6 Å². The molecule has 9 nitrogen and oxygen atoms in total. The van der Waals surface area contributed by atoms with E-state index in [-0.39, 0.29) is 11.8 Å². The third-order valence-electron chi connectivity index (χ3n) is 4.41. The van der Waals surface area contributed by atoms with Crippen LogP contribution >= 0.6 is 0 Å². The Balaban J connectivity index is 1.51. The lowest BCUT2D eigenvalue weighted by Crippen LogP contribution is -2.39. The summed E-state index contributed by atoms with van der Waals surface area (Å²) in [7, 11) is 0. The third-order valence-corrected chi connectivity index (χ3v) is 4.41. The lowest BCUT2D eigenvalue weighted by molar-refractivity contribution is 0.0698. The van der Waals surface area contributed by atoms with Gasteiger partial charge in [0.1, 0.15) is 0 Å². The van der Waals surface area contributed by atoms with Crippen molar-refractivity contribution >= 4 is 5.91 Å². The van der Waals surface area contributed by atoms with Crippen molar-refractivity contribution in [2.24, 2.45) is 0 Å². The van der Waals surface area contributed by atoms with Gasteiger partial charge in [0.05, 0.1) is 11.9 Å². The van der Waals surface area contributed by atoms with Crippen LogP contribution in [0.5, 0.6) is 0 Å². The van der Waals surface area contributed by atoms with Gasteiger partial charge in [0.25, 0.3) is 5.91 Å². The highest BCUT2D eigenvalue weighted by molar-refractivity contribution is 5.92. The number of hydrogen-bond acceptors (Lipinski definition) is 6. The van der Waals surface area contributed by atoms with Gasteiger partial charge >= 0.3 is 0 Å². The Bertz CT molecular complexity index is 872. The number of amides is 1. The topological polar surface area (TPSA) is 105 Å². The second-order valence-electron chi connectivity index (χ2n) is 6.25. The number of tetrazole rings is 1. The Kier molecular flexibility index (Phi) is 3.96. The van der Waals surface area contributed by atoms with E-state index < -0.39 is 0 Å². The number of H-pyrrole nitrogens is 1. The average Bonchev–Trinajstić information content (AvgIpc) is 3.33. The lowest BCUT2D eigenvalue weighted by Gasteiger charge is -2.30. The number of carbonyl (C=O) groups is 1. The molecule has 3 aromatic rings. The van der Waals surface area contributed by atoms with Crippen molar-refractivity contribution < 1.29 is 4.79 Å². The molecule has 0 bridgehead atoms. The van der Waals surface area contributed by atoms with Gasteiger partial charge in [0, 0.05) is 19.0 Å². The van der Waals surface area contributed by atoms with Crippen molar-refractivity contribution in [3.63, 3.8) is 0 Å². The van der Waals surface area contributed by atoms with E-state index in [1.165, 1.54) is 0 Å². The molecule has 1 fully saturated rings. The van der Waals surface area contributed by atoms with Gasteiger partial charge < -0.3 is 4.90 Å². The van der Waals surface area contributed by atoms with Crippen LogP contribution < -0.4 is 0 Å². The minimum atomic E-state index is -0.118. The fourth-order valence-corrected chi connectivity index (χ4v) is 3.14. The van der Waals surface area contributed by atoms with E-state index in [4.69, 9.17) is 0 Å². The number of piperidine rings is 1. The number of nitrogens with zero attached hydrogens (tertiary/aromatic N) is 7. The number of rotatable bonds is 3. The van der Waals surface area contributed by atoms with Crippen molar-refractivity contribution in [2.75, 3.05) is 13.1 Å². The standard InChI is InChI=1S/C16H18N8O/c1-11-4-2-6-13(8-11)24-10-14(17-22-24)16(25)23-7-3-5-12(9-23)15-18-20-21-19-15/h2,4,6,8,10,12H,3,5,7,9H2,1H3,(H,18,19,20,21)/t12-/m1/s1. The summed E-state index contributed by atoms with van der Waals surface area (Å²) in [6.45, 7) is 3.28. The number of aryl methyl sites for hydroxylation is 1. The molecule has 3 heterocycles. The average molecular weight is 338 g/mol. The summed E-state index contributed by atoms with van der Waals surface area (Å²) in [5.41, 5.74) is 2.35. The Morgan fingerprint density at radius 1 is 1.32 bits per heavy atom. The van der Waals surface area contributed by atoms with Crippen LogP contribution in [0.1, 0.15) is 40.6 Å². The van der Waals surface area contributed by atoms with Gasteiger partial charge in [-0.2, -0.15) is 5.21 Å². The summed E-state index contributed by atoms with van der Waals surface area (Å²) in [4.78, 5) is 14.6. The predicted molar refractivity (Wildman–Crippen MR) is 88.2 cm³/mol. The SMILES string of the molecule is Cc1cccc(-n2cc(C(=O)N3CCC[C@@H](c4nn[nH]n4)C3)nn2)c1. The lowest BCUT2D eigenvalue weighted by atomic mass is 9.97. The molecule has 128 valence electrons. The summed E-state index contributed by atoms with van der Waals surface area (Å²) in [5.74, 6) is 0.635. The maximum Gasteiger partial charge on any atom is 0.276 e. The zero-order chi connectivity index (χ0) is 17.2. The minimum absolute atomic E-state index is 0.100. The molecule has 1 aromatic carbocycles. The summed E-state index contributed by atoms with van der Waals surface area (Å²) < 4.78 is 1.63. The molecular weight excluding hydrogens is 320 g/mol. The van der Waals surface area contributed by atoms with Crippen molar-refractivity contribution in [3.8, 4) is 5.69 Å². The van der Waals surface area contributed by atoms with Gasteiger partial charge in [0.2, 0.25) is 0 Å². The Labute approximate surface area is 144 Å². The fourth-order valence-electron chi connectivity index (χ4n) is 3.14. The summed E-state index contributed by atoms with van der Waals surface area (Å²) in [6, 6.07) is 7.89. The van der Waals surface area contributed by atoms with Gasteiger partial charge in [-0.05, 0) is 37.5 Å². The van der Waals surface area contributed by atoms with Gasteiger partial charge in [-0.3, -0.25) is 4.79 Å². The van der Waals surface area contributed by atoms with E-state index in [0.29, 0.717) is 24.6 Å². The van der Waals surface area contributed by atoms with Crippen LogP contribution in [0.3, 0.4) is 0 Å². The number of likely N-dealkylation sites (tertiary alicyclic amines) is 1. The predicted octanol–water partition coefficient (Wildman–Crippen LogP) is 1.11. The molecule has 1 aliphatic heterocycles. The quantitative estimate of drug-likeness (QED) is 0.767. The molecule has 1 atom stereocenters. The molecule has 2 aromatic heterocycles. The van der Waals surface area contributed by atoms with E-state index in [1.54, 1.807) is 15.8 Å². The van der Waals surface area contributed by atoms with Gasteiger partial charge in [0.15, 0.2) is 11.5 Å². The molecule has 4 rings (SSSR count). The fraction of sp³-hybridized carbons (Fsp3) is 0.375. The van der Waals surface area contributed by atoms with Crippen LogP contribution in [-0.4, -0.2) is 59.5 Å². The van der Waals surface area contributed by atoms with E-state index in [0.717, 1.165) is 24.1 Å². The summed E-state index contributed by atoms with van der Waals surface area (Å²) in [5, 5.41) is 22.3. The highest BCUT2D eigenvalue weighted by Crippen LogP contribution is 2.24. The molecule has 0 spiro atoms. The van der Waals surface area contributed by atoms with E-state index in [2.05, 4.69) is 30.9 Å². The van der Waals surface area contributed by atoms with Crippen molar-refractivity contribution in [2.45, 2.75) is 25.7 Å². The maximum absolute atomic E-state index is 12.8. The second kappa shape index (κ2) is 6.42. The molecule has 1 saturated heterocycles. The van der Waals surface area contributed by atoms with Gasteiger partial charge in [-0.25, -0.2) is 4.68 Å². The number of benzene rings is 1. The van der Waals surface area contributed by atoms with Crippen LogP contribution in [0.2, 0.25) is 0 Å². The Morgan fingerprint density at radius 3 is 3.04 bits per heavy atom. The monoisotopic (exact) mass is 338 g/mol. The van der Waals surface area contributed by atoms with Crippen molar-refractivity contribution in [1.29, 1.82) is 0 Å². The highest BCUT2D eigenvalue weighted by Gasteiger charge is 2.29. The first-order chi connectivity index (χ1) is 12.2. The zero-order valence-corrected chi connectivity index (χ0v) is 13.8. The first-order valence-electron chi connectivity index (χ1n) is 8.23. The Morgan fingerprint density at radius 2 is 2.24 bits per heavy atom. The second-order valence-corrected chi connectivity index (χ2v) is 6.25. The van der Waals surface area contributed by atoms with E-state index in [1.807, 2.05) is 31.2 Å². The minimum Gasteiger partial charge on any atom is -0.336 e. The summed E-state index contributed by atoms with van der Waals surface area (Å²) in [6.07, 6.45) is 3.52. The van der Waals surface area contributed by atoms with Crippen LogP contribution in [0.4, 0.5) is 0 Å². The largest absolute Gasteiger partial charge is 0.336 e. The normalized spacial score (nSPS) is 17.6. The number of hydrogen-bond donors (Lipinski definition) is 1. The molecule has 9 heteroatoms. The smallest absolute Gasteiger partial charge is 0.276 e. The first-order valence-corrected chi connectivity index (χ1v) is 8.23. The van der Waals surface area contributed by atoms with Gasteiger partial charge in [-0.15, -0.1) is 15.3 Å². The van der Waals surface area contributed by atoms with Crippen LogP contribution in [0.25, 0.3) is 5.69 Å². The molecule has 1 aliphatic rings. The van der Waals surface area contributed by atoms with Crippen molar-refractivity contribution in [1.82, 2.24) is 40.5 Å². The number of aromatic nitrogens is 7. The third kappa shape index (κ3) is 3.12. The molecule has 0 aliphatic carbocycles. The van der Waals surface area contributed by atoms with E-state index in [9.17, 15) is 4.79 Å². The molecule has 25 heavy (non-hydrogen) atoms. The van der Waals surface area contributed by atoms with E-state index >= 15 is 0 Å². The molecule has 1 amide bonds. The first kappa shape index (κ1) is 15.4.